The van der Waals surface area contributed by atoms with Crippen molar-refractivity contribution >= 4 is 33.4 Å². The van der Waals surface area contributed by atoms with E-state index >= 15 is 0 Å². The Morgan fingerprint density at radius 2 is 1.89 bits per heavy atom. The number of benzene rings is 2. The number of likely N-dealkylation sites (tertiary alicyclic amines) is 1. The number of pyridine rings is 1. The van der Waals surface area contributed by atoms with E-state index in [9.17, 15) is 4.79 Å². The van der Waals surface area contributed by atoms with Gasteiger partial charge in [0.25, 0.3) is 5.91 Å². The Bertz CT molecular complexity index is 1560. The number of aromatic nitrogens is 4. The van der Waals surface area contributed by atoms with E-state index in [1.54, 1.807) is 12.3 Å². The zero-order valence-electron chi connectivity index (χ0n) is 21.3. The summed E-state index contributed by atoms with van der Waals surface area (Å²) in [5, 5.41) is 12.4. The van der Waals surface area contributed by atoms with Crippen LogP contribution >= 0.6 is 0 Å². The number of nitrogens with zero attached hydrogens (tertiary/aromatic N) is 3. The molecule has 2 aromatic carbocycles. The van der Waals surface area contributed by atoms with Crippen molar-refractivity contribution in [2.45, 2.75) is 33.2 Å². The predicted octanol–water partition coefficient (Wildman–Crippen LogP) is 6.23. The molecule has 1 saturated heterocycles. The number of carbonyl (C=O) groups excluding carboxylic acids is 1. The number of piperidine rings is 1. The summed E-state index contributed by atoms with van der Waals surface area (Å²) in [6, 6.07) is 18.1. The molecule has 0 atom stereocenters. The van der Waals surface area contributed by atoms with E-state index in [0.717, 1.165) is 70.1 Å². The Morgan fingerprint density at radius 3 is 2.73 bits per heavy atom. The molecule has 1 fully saturated rings. The van der Waals surface area contributed by atoms with Crippen LogP contribution in [0.4, 0.5) is 5.69 Å². The van der Waals surface area contributed by atoms with E-state index in [1.807, 2.05) is 30.5 Å². The highest BCUT2D eigenvalue weighted by Gasteiger charge is 2.22. The molecule has 3 N–H and O–H groups in total. The summed E-state index contributed by atoms with van der Waals surface area (Å²) in [5.74, 6) is 1.32. The summed E-state index contributed by atoms with van der Waals surface area (Å²) in [5.41, 5.74) is 6.09. The fraction of sp³-hybridized carbons (Fsp3) is 0.300. The number of H-pyrrole nitrogens is 2. The van der Waals surface area contributed by atoms with E-state index in [0.29, 0.717) is 11.4 Å². The number of carbonyl (C=O) groups is 1. The van der Waals surface area contributed by atoms with Crippen molar-refractivity contribution in [3.63, 3.8) is 0 Å². The molecule has 0 radical (unpaired) electrons. The third-order valence-electron chi connectivity index (χ3n) is 7.71. The zero-order valence-corrected chi connectivity index (χ0v) is 21.3. The molecule has 37 heavy (non-hydrogen) atoms. The lowest BCUT2D eigenvalue weighted by Crippen LogP contribution is -2.35. The van der Waals surface area contributed by atoms with E-state index < -0.39 is 0 Å². The van der Waals surface area contributed by atoms with Gasteiger partial charge in [-0.05, 0) is 85.3 Å². The van der Waals surface area contributed by atoms with E-state index in [4.69, 9.17) is 4.98 Å². The number of fused-ring (bicyclic) bond motifs is 2. The van der Waals surface area contributed by atoms with Gasteiger partial charge in [-0.15, -0.1) is 0 Å². The lowest BCUT2D eigenvalue weighted by molar-refractivity contribution is 0.102. The molecule has 0 bridgehead atoms. The fourth-order valence-corrected chi connectivity index (χ4v) is 5.53. The summed E-state index contributed by atoms with van der Waals surface area (Å²) < 4.78 is 0. The highest BCUT2D eigenvalue weighted by Crippen LogP contribution is 2.34. The van der Waals surface area contributed by atoms with Crippen molar-refractivity contribution in [1.29, 1.82) is 0 Å². The fourth-order valence-electron chi connectivity index (χ4n) is 5.53. The Labute approximate surface area is 216 Å². The minimum absolute atomic E-state index is 0.222. The van der Waals surface area contributed by atoms with Gasteiger partial charge in [-0.1, -0.05) is 32.0 Å². The average Bonchev–Trinajstić information content (AvgIpc) is 3.59. The molecule has 4 heterocycles. The van der Waals surface area contributed by atoms with Gasteiger partial charge in [0.15, 0.2) is 0 Å². The highest BCUT2D eigenvalue weighted by atomic mass is 16.1. The number of hydrogen-bond donors (Lipinski definition) is 3. The smallest absolute Gasteiger partial charge is 0.274 e. The van der Waals surface area contributed by atoms with Crippen molar-refractivity contribution in [3.05, 3.63) is 78.4 Å². The first kappa shape index (κ1) is 23.4. The third-order valence-corrected chi connectivity index (χ3v) is 7.71. The third kappa shape index (κ3) is 4.74. The molecule has 0 unspecified atom stereocenters. The topological polar surface area (TPSA) is 89.7 Å². The second kappa shape index (κ2) is 9.82. The monoisotopic (exact) mass is 492 g/mol. The molecule has 1 aliphatic heterocycles. The molecule has 0 spiro atoms. The van der Waals surface area contributed by atoms with E-state index in [-0.39, 0.29) is 5.91 Å². The summed E-state index contributed by atoms with van der Waals surface area (Å²) >= 11 is 0. The molecule has 6 rings (SSSR count). The van der Waals surface area contributed by atoms with Gasteiger partial charge in [0.2, 0.25) is 0 Å². The Morgan fingerprint density at radius 1 is 1.05 bits per heavy atom. The van der Waals surface area contributed by atoms with Crippen LogP contribution in [0.3, 0.4) is 0 Å². The van der Waals surface area contributed by atoms with Crippen molar-refractivity contribution < 1.29 is 4.79 Å². The molecule has 1 aliphatic rings. The average molecular weight is 493 g/mol. The van der Waals surface area contributed by atoms with Crippen LogP contribution < -0.4 is 5.32 Å². The van der Waals surface area contributed by atoms with Crippen LogP contribution in [0.15, 0.2) is 67.0 Å². The van der Waals surface area contributed by atoms with Crippen LogP contribution in [0.5, 0.6) is 0 Å². The zero-order chi connectivity index (χ0) is 25.4. The van der Waals surface area contributed by atoms with Crippen LogP contribution in [0.2, 0.25) is 0 Å². The van der Waals surface area contributed by atoms with Crippen LogP contribution in [0.1, 0.15) is 42.9 Å². The van der Waals surface area contributed by atoms with Gasteiger partial charge in [0, 0.05) is 29.0 Å². The van der Waals surface area contributed by atoms with Gasteiger partial charge < -0.3 is 10.3 Å². The predicted molar refractivity (Wildman–Crippen MR) is 148 cm³/mol. The largest absolute Gasteiger partial charge is 0.361 e. The van der Waals surface area contributed by atoms with Gasteiger partial charge >= 0.3 is 0 Å². The molecular formula is C30H32N6O. The van der Waals surface area contributed by atoms with Gasteiger partial charge in [-0.3, -0.25) is 14.8 Å². The minimum Gasteiger partial charge on any atom is -0.361 e. The first-order valence-corrected chi connectivity index (χ1v) is 13.1. The van der Waals surface area contributed by atoms with Gasteiger partial charge in [-0.25, -0.2) is 4.98 Å². The number of aromatic amines is 2. The second-order valence-corrected chi connectivity index (χ2v) is 10.4. The summed E-state index contributed by atoms with van der Waals surface area (Å²) in [4.78, 5) is 23.8. The molecule has 3 aromatic heterocycles. The lowest BCUT2D eigenvalue weighted by Gasteiger charge is -2.33. The Hall–Kier alpha value is -3.97. The van der Waals surface area contributed by atoms with E-state index in [1.165, 1.54) is 12.8 Å². The van der Waals surface area contributed by atoms with Gasteiger partial charge in [0.1, 0.15) is 5.69 Å². The van der Waals surface area contributed by atoms with Gasteiger partial charge in [-0.2, -0.15) is 5.10 Å². The van der Waals surface area contributed by atoms with Crippen molar-refractivity contribution in [2.75, 3.05) is 18.4 Å². The second-order valence-electron chi connectivity index (χ2n) is 10.4. The maximum atomic E-state index is 13.3. The van der Waals surface area contributed by atoms with Crippen LogP contribution in [-0.4, -0.2) is 44.1 Å². The lowest BCUT2D eigenvalue weighted by atomic mass is 9.87. The first-order chi connectivity index (χ1) is 18.0. The van der Waals surface area contributed by atoms with Crippen molar-refractivity contribution in [3.8, 4) is 11.1 Å². The van der Waals surface area contributed by atoms with Crippen LogP contribution in [-0.2, 0) is 6.54 Å². The number of nitrogens with one attached hydrogen (secondary N) is 3. The molecule has 7 nitrogen and oxygen atoms in total. The van der Waals surface area contributed by atoms with E-state index in [2.05, 4.69) is 63.5 Å². The van der Waals surface area contributed by atoms with Gasteiger partial charge in [0.05, 0.1) is 23.1 Å². The Kier molecular flexibility index (Phi) is 6.22. The number of hydrogen-bond acceptors (Lipinski definition) is 4. The molecule has 0 aliphatic carbocycles. The number of rotatable bonds is 6. The summed E-state index contributed by atoms with van der Waals surface area (Å²) in [6.07, 6.45) is 6.14. The SMILES string of the molecule is CC(C)C1CCN(Cc2cccc(C(=O)Nc3cc(-c4cccc5[nH]ccc45)cc4[nH]ncc34)n2)CC1. The normalized spacial score (nSPS) is 15.1. The molecule has 7 heteroatoms. The van der Waals surface area contributed by atoms with Crippen LogP contribution in [0, 0.1) is 11.8 Å². The molecule has 1 amide bonds. The molecule has 188 valence electrons. The molecular weight excluding hydrogens is 460 g/mol. The summed E-state index contributed by atoms with van der Waals surface area (Å²) in [6.45, 7) is 7.57. The molecule has 5 aromatic rings. The van der Waals surface area contributed by atoms with Crippen LogP contribution in [0.25, 0.3) is 32.9 Å². The number of amides is 1. The summed E-state index contributed by atoms with van der Waals surface area (Å²) in [7, 11) is 0. The van der Waals surface area contributed by atoms with Crippen molar-refractivity contribution in [2.24, 2.45) is 11.8 Å². The quantitative estimate of drug-likeness (QED) is 0.262. The minimum atomic E-state index is -0.222. The number of anilines is 1. The highest BCUT2D eigenvalue weighted by molar-refractivity contribution is 6.09. The Balaban J connectivity index is 1.24. The first-order valence-electron chi connectivity index (χ1n) is 13.1. The molecule has 0 saturated carbocycles. The van der Waals surface area contributed by atoms with Crippen molar-refractivity contribution in [1.82, 2.24) is 25.1 Å². The maximum absolute atomic E-state index is 13.3. The standard InChI is InChI=1S/C30H32N6O/c1-19(2)20-10-13-36(14-11-20)18-22-5-3-8-27(33-22)30(37)34-28-15-21(16-29-25(28)17-32-35-29)23-6-4-7-26-24(23)9-12-31-26/h3-9,12,15-17,19-20,31H,10-11,13-14,18H2,1-2H3,(H,32,35)(H,34,37). The maximum Gasteiger partial charge on any atom is 0.274 e.